The second-order valence-electron chi connectivity index (χ2n) is 6.55. The summed E-state index contributed by atoms with van der Waals surface area (Å²) in [6.45, 7) is 8.15. The molecule has 5 nitrogen and oxygen atoms in total. The van der Waals surface area contributed by atoms with Gasteiger partial charge in [0.15, 0.2) is 5.13 Å². The van der Waals surface area contributed by atoms with Gasteiger partial charge < -0.3 is 10.4 Å². The third-order valence-electron chi connectivity index (χ3n) is 4.14. The predicted molar refractivity (Wildman–Crippen MR) is 122 cm³/mol. The largest absolute Gasteiger partial charge is 0.508 e. The van der Waals surface area contributed by atoms with Crippen molar-refractivity contribution in [1.82, 2.24) is 15.0 Å². The van der Waals surface area contributed by atoms with Gasteiger partial charge in [0, 0.05) is 11.6 Å². The van der Waals surface area contributed by atoms with Gasteiger partial charge in [0.25, 0.3) is 0 Å². The van der Waals surface area contributed by atoms with Crippen molar-refractivity contribution in [3.8, 4) is 16.3 Å². The van der Waals surface area contributed by atoms with Crippen LogP contribution in [-0.2, 0) is 6.42 Å². The summed E-state index contributed by atoms with van der Waals surface area (Å²) < 4.78 is 0. The zero-order valence-electron chi connectivity index (χ0n) is 16.9. The van der Waals surface area contributed by atoms with Crippen LogP contribution in [0.1, 0.15) is 28.8 Å². The van der Waals surface area contributed by atoms with Gasteiger partial charge >= 0.3 is 0 Å². The Morgan fingerprint density at radius 2 is 1.76 bits per heavy atom. The smallest absolute Gasteiger partial charge is 0.188 e. The molecule has 2 N–H and O–H groups in total. The van der Waals surface area contributed by atoms with Crippen molar-refractivity contribution in [2.45, 2.75) is 34.1 Å². The molecule has 0 aliphatic carbocycles. The van der Waals surface area contributed by atoms with E-state index in [1.807, 2.05) is 45.2 Å². The van der Waals surface area contributed by atoms with Crippen LogP contribution in [0.25, 0.3) is 10.6 Å². The molecule has 29 heavy (non-hydrogen) atoms. The highest BCUT2D eigenvalue weighted by atomic mass is 32.1. The minimum Gasteiger partial charge on any atom is -0.508 e. The Morgan fingerprint density at radius 3 is 2.31 bits per heavy atom. The van der Waals surface area contributed by atoms with Gasteiger partial charge in [-0.3, -0.25) is 0 Å². The molecule has 0 aliphatic rings. The molecule has 3 aromatic heterocycles. The molecule has 4 aromatic rings. The van der Waals surface area contributed by atoms with Gasteiger partial charge in [0.1, 0.15) is 11.6 Å². The number of phenols is 1. The average Bonchev–Trinajstić information content (AvgIpc) is 3.31. The lowest BCUT2D eigenvalue weighted by atomic mass is 10.2. The summed E-state index contributed by atoms with van der Waals surface area (Å²) in [5.41, 5.74) is 4.43. The van der Waals surface area contributed by atoms with Crippen LogP contribution in [0, 0.1) is 20.8 Å². The fourth-order valence-corrected chi connectivity index (χ4v) is 4.23. The third kappa shape index (κ3) is 5.85. The molecule has 0 atom stereocenters. The number of aryl methyl sites for hydroxylation is 4. The van der Waals surface area contributed by atoms with Crippen molar-refractivity contribution in [2.75, 3.05) is 5.32 Å². The summed E-state index contributed by atoms with van der Waals surface area (Å²) in [5, 5.41) is 16.0. The molecule has 0 saturated heterocycles. The summed E-state index contributed by atoms with van der Waals surface area (Å²) in [4.78, 5) is 14.6. The molecule has 0 spiro atoms. The van der Waals surface area contributed by atoms with Crippen molar-refractivity contribution in [3.63, 3.8) is 0 Å². The molecule has 0 unspecified atom stereocenters. The van der Waals surface area contributed by atoms with Crippen molar-refractivity contribution in [2.24, 2.45) is 0 Å². The number of aromatic hydroxyl groups is 1. The van der Waals surface area contributed by atoms with E-state index in [4.69, 9.17) is 5.11 Å². The normalized spacial score (nSPS) is 10.3. The Bertz CT molecular complexity index is 1030. The number of hydrogen-bond donors (Lipinski definition) is 2. The monoisotopic (exact) mass is 424 g/mol. The molecule has 0 aliphatic heterocycles. The van der Waals surface area contributed by atoms with Gasteiger partial charge in [0.05, 0.1) is 21.3 Å². The first-order valence-corrected chi connectivity index (χ1v) is 11.0. The van der Waals surface area contributed by atoms with Crippen LogP contribution in [0.15, 0.2) is 48.0 Å². The van der Waals surface area contributed by atoms with E-state index >= 15 is 0 Å². The third-order valence-corrected chi connectivity index (χ3v) is 6.00. The van der Waals surface area contributed by atoms with Crippen molar-refractivity contribution in [3.05, 3.63) is 69.8 Å². The Hall–Kier alpha value is -2.77. The molecule has 0 amide bonds. The lowest BCUT2D eigenvalue weighted by Crippen LogP contribution is -1.93. The van der Waals surface area contributed by atoms with E-state index in [2.05, 4.69) is 38.6 Å². The van der Waals surface area contributed by atoms with E-state index in [9.17, 15) is 0 Å². The lowest BCUT2D eigenvalue weighted by Gasteiger charge is -2.02. The zero-order valence-corrected chi connectivity index (χ0v) is 18.6. The Morgan fingerprint density at radius 1 is 1.00 bits per heavy atom. The fraction of sp³-hybridized carbons (Fsp3) is 0.227. The second kappa shape index (κ2) is 9.62. The number of rotatable bonds is 4. The second-order valence-corrected chi connectivity index (χ2v) is 8.61. The van der Waals surface area contributed by atoms with E-state index in [0.717, 1.165) is 38.6 Å². The Balaban J connectivity index is 0.000000252. The summed E-state index contributed by atoms with van der Waals surface area (Å²) in [5.74, 6) is 1.15. The number of benzene rings is 1. The first kappa shape index (κ1) is 21.0. The molecule has 7 heteroatoms. The van der Waals surface area contributed by atoms with Crippen LogP contribution >= 0.6 is 22.7 Å². The van der Waals surface area contributed by atoms with E-state index in [1.165, 1.54) is 11.1 Å². The number of aromatic nitrogens is 3. The van der Waals surface area contributed by atoms with Gasteiger partial charge in [0.2, 0.25) is 0 Å². The SMILES string of the molecule is CCc1ccc(Nc2nc(-c3sc(C)nc3C)cs2)nc1.Cc1ccc(O)cc1. The van der Waals surface area contributed by atoms with E-state index in [1.54, 1.807) is 34.8 Å². The highest BCUT2D eigenvalue weighted by Crippen LogP contribution is 2.32. The van der Waals surface area contributed by atoms with Gasteiger partial charge in [-0.2, -0.15) is 0 Å². The van der Waals surface area contributed by atoms with Crippen LogP contribution < -0.4 is 5.32 Å². The molecule has 0 bridgehead atoms. The maximum atomic E-state index is 8.76. The first-order chi connectivity index (χ1) is 13.9. The molecule has 150 valence electrons. The highest BCUT2D eigenvalue weighted by Gasteiger charge is 2.11. The average molecular weight is 425 g/mol. The van der Waals surface area contributed by atoms with Gasteiger partial charge in [-0.1, -0.05) is 30.7 Å². The topological polar surface area (TPSA) is 70.9 Å². The van der Waals surface area contributed by atoms with E-state index < -0.39 is 0 Å². The molecule has 4 rings (SSSR count). The minimum absolute atomic E-state index is 0.329. The molecular formula is C22H24N4OS2. The standard InChI is InChI=1S/C15H16N4S2.C7H8O/c1-4-11-5-6-13(16-7-11)19-15-18-12(8-20-15)14-9(2)17-10(3)21-14;1-6-2-4-7(8)5-3-6/h5-8H,4H2,1-3H3,(H,16,18,19);2-5,8H,1H3. The van der Waals surface area contributed by atoms with Crippen molar-refractivity contribution in [1.29, 1.82) is 0 Å². The van der Waals surface area contributed by atoms with Gasteiger partial charge in [-0.05, 0) is 51.0 Å². The maximum absolute atomic E-state index is 8.76. The van der Waals surface area contributed by atoms with Gasteiger partial charge in [-0.15, -0.1) is 22.7 Å². The van der Waals surface area contributed by atoms with Gasteiger partial charge in [-0.25, -0.2) is 15.0 Å². The quantitative estimate of drug-likeness (QED) is 0.403. The Labute approximate surface area is 179 Å². The molecule has 1 aromatic carbocycles. The molecule has 0 saturated carbocycles. The molecular weight excluding hydrogens is 400 g/mol. The highest BCUT2D eigenvalue weighted by molar-refractivity contribution is 7.16. The van der Waals surface area contributed by atoms with E-state index in [0.29, 0.717) is 5.75 Å². The van der Waals surface area contributed by atoms with Crippen LogP contribution in [-0.4, -0.2) is 20.1 Å². The number of thiazole rings is 2. The molecule has 0 fully saturated rings. The van der Waals surface area contributed by atoms with Crippen LogP contribution in [0.4, 0.5) is 10.9 Å². The van der Waals surface area contributed by atoms with Crippen LogP contribution in [0.5, 0.6) is 5.75 Å². The van der Waals surface area contributed by atoms with Crippen molar-refractivity contribution < 1.29 is 5.11 Å². The van der Waals surface area contributed by atoms with Crippen molar-refractivity contribution >= 4 is 33.6 Å². The zero-order chi connectivity index (χ0) is 20.8. The number of pyridine rings is 1. The summed E-state index contributed by atoms with van der Waals surface area (Å²) >= 11 is 3.27. The lowest BCUT2D eigenvalue weighted by molar-refractivity contribution is 0.475. The summed E-state index contributed by atoms with van der Waals surface area (Å²) in [6.07, 6.45) is 2.90. The number of anilines is 2. The molecule has 0 radical (unpaired) electrons. The minimum atomic E-state index is 0.329. The maximum Gasteiger partial charge on any atom is 0.188 e. The number of hydrogen-bond acceptors (Lipinski definition) is 7. The number of nitrogens with zero attached hydrogens (tertiary/aromatic N) is 3. The Kier molecular flexibility index (Phi) is 6.95. The fourth-order valence-electron chi connectivity index (χ4n) is 2.57. The summed E-state index contributed by atoms with van der Waals surface area (Å²) in [6, 6.07) is 11.2. The summed E-state index contributed by atoms with van der Waals surface area (Å²) in [7, 11) is 0. The number of phenolic OH excluding ortho intramolecular Hbond substituents is 1. The van der Waals surface area contributed by atoms with E-state index in [-0.39, 0.29) is 0 Å². The predicted octanol–water partition coefficient (Wildman–Crippen LogP) is 6.29. The number of nitrogens with one attached hydrogen (secondary N) is 1. The van der Waals surface area contributed by atoms with Crippen LogP contribution in [0.2, 0.25) is 0 Å². The molecule has 3 heterocycles. The van der Waals surface area contributed by atoms with Crippen LogP contribution in [0.3, 0.4) is 0 Å². The first-order valence-electron chi connectivity index (χ1n) is 9.32.